The van der Waals surface area contributed by atoms with E-state index in [4.69, 9.17) is 4.52 Å². The van der Waals surface area contributed by atoms with Gasteiger partial charge in [-0.25, -0.2) is 0 Å². The molecule has 2 aromatic carbocycles. The van der Waals surface area contributed by atoms with Crippen LogP contribution in [0.15, 0.2) is 57.5 Å². The largest absolute Gasteiger partial charge is 0.339 e. The molecule has 2 fully saturated rings. The van der Waals surface area contributed by atoms with E-state index in [0.717, 1.165) is 61.9 Å². The summed E-state index contributed by atoms with van der Waals surface area (Å²) in [6.45, 7) is 3.65. The van der Waals surface area contributed by atoms with E-state index < -0.39 is 0 Å². The van der Waals surface area contributed by atoms with E-state index in [2.05, 4.69) is 36.3 Å². The molecule has 2 aliphatic heterocycles. The molecule has 9 heteroatoms. The fourth-order valence-corrected chi connectivity index (χ4v) is 5.47. The summed E-state index contributed by atoms with van der Waals surface area (Å²) in [4.78, 5) is 35.0. The van der Waals surface area contributed by atoms with Gasteiger partial charge in [-0.05, 0) is 63.0 Å². The monoisotopic (exact) mass is 565 g/mol. The predicted octanol–water partition coefficient (Wildman–Crippen LogP) is 5.37. The Hall–Kier alpha value is -3.04. The standard InChI is InChI=1S/C28H32BrN5O3/c29-22-9-7-8-21(18-22)26-31-25(37-32-26)19-33-16-12-20(13-17-33)27(35)30-24-11-4-3-10-23(24)28(36)34-14-5-1-2-6-15-34/h3-4,7-11,18,20H,1-2,5-6,12-17,19H2,(H,30,35). The summed E-state index contributed by atoms with van der Waals surface area (Å²) in [7, 11) is 0. The second-order valence-electron chi connectivity index (χ2n) is 9.81. The molecule has 0 saturated carbocycles. The minimum atomic E-state index is -0.0995. The van der Waals surface area contributed by atoms with Gasteiger partial charge in [-0.15, -0.1) is 0 Å². The molecule has 0 bridgehead atoms. The maximum Gasteiger partial charge on any atom is 0.255 e. The van der Waals surface area contributed by atoms with E-state index in [-0.39, 0.29) is 17.7 Å². The summed E-state index contributed by atoms with van der Waals surface area (Å²) in [6, 6.07) is 15.2. The Balaban J connectivity index is 1.15. The molecule has 3 aromatic rings. The Morgan fingerprint density at radius 3 is 2.49 bits per heavy atom. The molecular weight excluding hydrogens is 534 g/mol. The lowest BCUT2D eigenvalue weighted by Gasteiger charge is -2.30. The summed E-state index contributed by atoms with van der Waals surface area (Å²) < 4.78 is 6.44. The second-order valence-corrected chi connectivity index (χ2v) is 10.7. The van der Waals surface area contributed by atoms with Crippen LogP contribution in [0.4, 0.5) is 5.69 Å². The van der Waals surface area contributed by atoms with E-state index in [0.29, 0.717) is 29.5 Å². The number of aromatic nitrogens is 2. The van der Waals surface area contributed by atoms with Gasteiger partial charge >= 0.3 is 0 Å². The number of nitrogens with one attached hydrogen (secondary N) is 1. The molecule has 0 aliphatic carbocycles. The molecule has 1 aromatic heterocycles. The first-order chi connectivity index (χ1) is 18.1. The van der Waals surface area contributed by atoms with Gasteiger partial charge in [0.05, 0.1) is 17.8 Å². The molecule has 37 heavy (non-hydrogen) atoms. The summed E-state index contributed by atoms with van der Waals surface area (Å²) in [5.41, 5.74) is 2.08. The van der Waals surface area contributed by atoms with Crippen LogP contribution in [0.25, 0.3) is 11.4 Å². The SMILES string of the molecule is O=C(Nc1ccccc1C(=O)N1CCCCCC1)C1CCN(Cc2nc(-c3cccc(Br)c3)no2)CC1. The summed E-state index contributed by atoms with van der Waals surface area (Å²) >= 11 is 3.47. The normalized spacial score (nSPS) is 17.4. The third-order valence-electron chi connectivity index (χ3n) is 7.18. The number of hydrogen-bond acceptors (Lipinski definition) is 6. The molecule has 2 aliphatic rings. The van der Waals surface area contributed by atoms with Crippen LogP contribution in [0.5, 0.6) is 0 Å². The maximum atomic E-state index is 13.2. The van der Waals surface area contributed by atoms with Crippen molar-refractivity contribution >= 4 is 33.4 Å². The zero-order chi connectivity index (χ0) is 25.6. The Morgan fingerprint density at radius 1 is 0.973 bits per heavy atom. The van der Waals surface area contributed by atoms with Crippen molar-refractivity contribution in [2.24, 2.45) is 5.92 Å². The zero-order valence-electron chi connectivity index (χ0n) is 20.9. The quantitative estimate of drug-likeness (QED) is 0.432. The van der Waals surface area contributed by atoms with Gasteiger partial charge in [-0.2, -0.15) is 4.98 Å². The van der Waals surface area contributed by atoms with E-state index in [1.165, 1.54) is 12.8 Å². The number of benzene rings is 2. The molecule has 8 nitrogen and oxygen atoms in total. The van der Waals surface area contributed by atoms with Gasteiger partial charge in [-0.1, -0.05) is 58.2 Å². The fraction of sp³-hybridized carbons (Fsp3) is 0.429. The van der Waals surface area contributed by atoms with Gasteiger partial charge in [0.25, 0.3) is 5.91 Å². The van der Waals surface area contributed by atoms with Gasteiger partial charge in [0.15, 0.2) is 0 Å². The number of para-hydroxylation sites is 1. The highest BCUT2D eigenvalue weighted by Gasteiger charge is 2.27. The highest BCUT2D eigenvalue weighted by molar-refractivity contribution is 9.10. The molecular formula is C28H32BrN5O3. The van der Waals surface area contributed by atoms with Crippen LogP contribution in [0.3, 0.4) is 0 Å². The number of nitrogens with zero attached hydrogens (tertiary/aromatic N) is 4. The lowest BCUT2D eigenvalue weighted by molar-refractivity contribution is -0.121. The first-order valence-electron chi connectivity index (χ1n) is 13.1. The van der Waals surface area contributed by atoms with Gasteiger partial charge in [0.2, 0.25) is 17.6 Å². The third kappa shape index (κ3) is 6.45. The van der Waals surface area contributed by atoms with Crippen molar-refractivity contribution in [3.63, 3.8) is 0 Å². The van der Waals surface area contributed by atoms with Crippen LogP contribution in [-0.2, 0) is 11.3 Å². The van der Waals surface area contributed by atoms with Crippen molar-refractivity contribution in [1.82, 2.24) is 19.9 Å². The Kier molecular flexibility index (Phi) is 8.31. The first-order valence-corrected chi connectivity index (χ1v) is 13.9. The Bertz CT molecular complexity index is 1230. The van der Waals surface area contributed by atoms with E-state index in [9.17, 15) is 9.59 Å². The van der Waals surface area contributed by atoms with Crippen molar-refractivity contribution in [2.75, 3.05) is 31.5 Å². The number of amides is 2. The van der Waals surface area contributed by atoms with Crippen molar-refractivity contribution < 1.29 is 14.1 Å². The summed E-state index contributed by atoms with van der Waals surface area (Å²) in [5, 5.41) is 7.17. The number of carbonyl (C=O) groups excluding carboxylic acids is 2. The van der Waals surface area contributed by atoms with Crippen molar-refractivity contribution in [1.29, 1.82) is 0 Å². The van der Waals surface area contributed by atoms with Crippen LogP contribution in [0, 0.1) is 5.92 Å². The number of halogens is 1. The summed E-state index contributed by atoms with van der Waals surface area (Å²) in [6.07, 6.45) is 5.88. The Morgan fingerprint density at radius 2 is 1.73 bits per heavy atom. The van der Waals surface area contributed by atoms with Crippen molar-refractivity contribution in [2.45, 2.75) is 45.1 Å². The van der Waals surface area contributed by atoms with E-state index in [1.807, 2.05) is 53.4 Å². The van der Waals surface area contributed by atoms with Crippen LogP contribution >= 0.6 is 15.9 Å². The van der Waals surface area contributed by atoms with Crippen LogP contribution in [0.1, 0.15) is 54.8 Å². The number of anilines is 1. The smallest absolute Gasteiger partial charge is 0.255 e. The maximum absolute atomic E-state index is 13.2. The van der Waals surface area contributed by atoms with Gasteiger partial charge < -0.3 is 14.7 Å². The van der Waals surface area contributed by atoms with E-state index in [1.54, 1.807) is 0 Å². The van der Waals surface area contributed by atoms with Crippen LogP contribution < -0.4 is 5.32 Å². The molecule has 2 saturated heterocycles. The number of piperidine rings is 1. The molecule has 0 spiro atoms. The zero-order valence-corrected chi connectivity index (χ0v) is 22.5. The predicted molar refractivity (Wildman–Crippen MR) is 145 cm³/mol. The lowest BCUT2D eigenvalue weighted by Crippen LogP contribution is -2.38. The molecule has 3 heterocycles. The summed E-state index contributed by atoms with van der Waals surface area (Å²) in [5.74, 6) is 1.02. The molecule has 0 atom stereocenters. The second kappa shape index (κ2) is 12.0. The highest BCUT2D eigenvalue weighted by Crippen LogP contribution is 2.25. The van der Waals surface area contributed by atoms with Gasteiger partial charge in [0.1, 0.15) is 0 Å². The number of carbonyl (C=O) groups is 2. The average Bonchev–Trinajstić information content (AvgIpc) is 3.21. The molecule has 0 unspecified atom stereocenters. The topological polar surface area (TPSA) is 91.6 Å². The molecule has 194 valence electrons. The van der Waals surface area contributed by atoms with Crippen molar-refractivity contribution in [3.8, 4) is 11.4 Å². The van der Waals surface area contributed by atoms with Crippen LogP contribution in [0.2, 0.25) is 0 Å². The highest BCUT2D eigenvalue weighted by atomic mass is 79.9. The number of rotatable bonds is 6. The minimum absolute atomic E-state index is 0.00871. The molecule has 2 amide bonds. The average molecular weight is 566 g/mol. The van der Waals surface area contributed by atoms with Gasteiger partial charge in [0, 0.05) is 29.0 Å². The fourth-order valence-electron chi connectivity index (χ4n) is 5.07. The van der Waals surface area contributed by atoms with Crippen LogP contribution in [-0.4, -0.2) is 57.9 Å². The molecule has 5 rings (SSSR count). The van der Waals surface area contributed by atoms with Crippen molar-refractivity contribution in [3.05, 3.63) is 64.5 Å². The Labute approximate surface area is 225 Å². The van der Waals surface area contributed by atoms with E-state index >= 15 is 0 Å². The molecule has 1 N–H and O–H groups in total. The minimum Gasteiger partial charge on any atom is -0.339 e. The first kappa shape index (κ1) is 25.6. The van der Waals surface area contributed by atoms with Gasteiger partial charge in [-0.3, -0.25) is 14.5 Å². The number of hydrogen-bond donors (Lipinski definition) is 1. The number of likely N-dealkylation sites (tertiary alicyclic amines) is 2. The lowest BCUT2D eigenvalue weighted by atomic mass is 9.95. The molecule has 0 radical (unpaired) electrons. The third-order valence-corrected chi connectivity index (χ3v) is 7.67.